The highest BCUT2D eigenvalue weighted by atomic mass is 32.1. The molecule has 0 radical (unpaired) electrons. The Morgan fingerprint density at radius 1 is 1.11 bits per heavy atom. The molecule has 8 heteroatoms. The molecule has 1 unspecified atom stereocenters. The SMILES string of the molecule is F.Fc1ccc(F)c(C2Cc3c(CCCN4CCCC4)[nH]c(=S)n3C2)c1F. The zero-order valence-corrected chi connectivity index (χ0v) is 15.8. The van der Waals surface area contributed by atoms with Gasteiger partial charge in [0.25, 0.3) is 0 Å². The lowest BCUT2D eigenvalue weighted by Gasteiger charge is -2.14. The van der Waals surface area contributed by atoms with E-state index in [1.54, 1.807) is 0 Å². The number of likely N-dealkylation sites (tertiary alicyclic amines) is 1. The van der Waals surface area contributed by atoms with Crippen LogP contribution >= 0.6 is 12.2 Å². The highest BCUT2D eigenvalue weighted by Gasteiger charge is 2.31. The Kier molecular flexibility index (Phi) is 6.05. The summed E-state index contributed by atoms with van der Waals surface area (Å²) in [7, 11) is 0. The van der Waals surface area contributed by atoms with Crippen LogP contribution in [0.25, 0.3) is 0 Å². The number of aryl methyl sites for hydroxylation is 1. The second-order valence-electron chi connectivity index (χ2n) is 7.28. The first-order valence-corrected chi connectivity index (χ1v) is 9.61. The number of hydrogen-bond donors (Lipinski definition) is 1. The second-order valence-corrected chi connectivity index (χ2v) is 7.66. The summed E-state index contributed by atoms with van der Waals surface area (Å²) in [5, 5.41) is 0. The minimum atomic E-state index is -1.08. The molecular formula is C19H23F4N3S. The van der Waals surface area contributed by atoms with Crippen molar-refractivity contribution in [1.82, 2.24) is 14.5 Å². The van der Waals surface area contributed by atoms with Gasteiger partial charge in [-0.2, -0.15) is 0 Å². The normalized spacial score (nSPS) is 19.3. The van der Waals surface area contributed by atoms with Gasteiger partial charge in [0.15, 0.2) is 16.4 Å². The first kappa shape index (κ1) is 20.1. The van der Waals surface area contributed by atoms with E-state index in [9.17, 15) is 13.2 Å². The zero-order valence-electron chi connectivity index (χ0n) is 14.9. The molecule has 1 aromatic carbocycles. The number of imidazole rings is 1. The summed E-state index contributed by atoms with van der Waals surface area (Å²) < 4.78 is 44.3. The number of aromatic amines is 1. The van der Waals surface area contributed by atoms with Gasteiger partial charge in [-0.25, -0.2) is 13.2 Å². The van der Waals surface area contributed by atoms with Crippen molar-refractivity contribution in [2.45, 2.75) is 44.6 Å². The highest BCUT2D eigenvalue weighted by molar-refractivity contribution is 7.71. The Labute approximate surface area is 160 Å². The molecule has 1 atom stereocenters. The largest absolute Gasteiger partial charge is 0.334 e. The Morgan fingerprint density at radius 3 is 2.56 bits per heavy atom. The number of fused-ring (bicyclic) bond motifs is 1. The number of aromatic nitrogens is 2. The number of halogens is 4. The van der Waals surface area contributed by atoms with Gasteiger partial charge in [0.2, 0.25) is 0 Å². The number of nitrogens with one attached hydrogen (secondary N) is 1. The van der Waals surface area contributed by atoms with Crippen LogP contribution in [0.5, 0.6) is 0 Å². The molecule has 0 spiro atoms. The third-order valence-corrected chi connectivity index (χ3v) is 5.93. The molecule has 0 aliphatic carbocycles. The van der Waals surface area contributed by atoms with Gasteiger partial charge in [0.1, 0.15) is 5.82 Å². The van der Waals surface area contributed by atoms with Crippen LogP contribution in [0.4, 0.5) is 17.9 Å². The topological polar surface area (TPSA) is 24.0 Å². The van der Waals surface area contributed by atoms with Crippen LogP contribution in [-0.4, -0.2) is 34.1 Å². The first-order valence-electron chi connectivity index (χ1n) is 9.21. The number of rotatable bonds is 5. The second kappa shape index (κ2) is 8.14. The maximum atomic E-state index is 14.2. The van der Waals surface area contributed by atoms with Crippen LogP contribution in [0, 0.1) is 22.2 Å². The molecule has 4 rings (SSSR count). The van der Waals surface area contributed by atoms with E-state index >= 15 is 0 Å². The number of benzene rings is 1. The zero-order chi connectivity index (χ0) is 18.3. The van der Waals surface area contributed by atoms with Crippen LogP contribution in [-0.2, 0) is 19.4 Å². The molecule has 148 valence electrons. The first-order chi connectivity index (χ1) is 12.5. The van der Waals surface area contributed by atoms with Gasteiger partial charge in [0, 0.05) is 29.4 Å². The lowest BCUT2D eigenvalue weighted by molar-refractivity contribution is 0.333. The van der Waals surface area contributed by atoms with E-state index in [2.05, 4.69) is 9.88 Å². The minimum Gasteiger partial charge on any atom is -0.334 e. The van der Waals surface area contributed by atoms with Gasteiger partial charge in [-0.05, 0) is 76.1 Å². The van der Waals surface area contributed by atoms with Gasteiger partial charge in [-0.3, -0.25) is 4.70 Å². The summed E-state index contributed by atoms with van der Waals surface area (Å²) >= 11 is 5.39. The van der Waals surface area contributed by atoms with E-state index in [1.807, 2.05) is 4.57 Å². The van der Waals surface area contributed by atoms with E-state index in [4.69, 9.17) is 12.2 Å². The van der Waals surface area contributed by atoms with Crippen molar-refractivity contribution in [3.05, 3.63) is 51.3 Å². The Bertz CT molecular complexity index is 871. The summed E-state index contributed by atoms with van der Waals surface area (Å²) in [6.45, 7) is 3.78. The highest BCUT2D eigenvalue weighted by Crippen LogP contribution is 2.35. The van der Waals surface area contributed by atoms with E-state index in [1.165, 1.54) is 25.9 Å². The Balaban J connectivity index is 0.00000210. The summed E-state index contributed by atoms with van der Waals surface area (Å²) in [6, 6.07) is 1.83. The molecular weight excluding hydrogens is 378 g/mol. The van der Waals surface area contributed by atoms with Crippen molar-refractivity contribution in [3.63, 3.8) is 0 Å². The smallest absolute Gasteiger partial charge is 0.177 e. The molecule has 1 N–H and O–H groups in total. The fraction of sp³-hybridized carbons (Fsp3) is 0.526. The molecule has 0 amide bonds. The van der Waals surface area contributed by atoms with Crippen LogP contribution in [0.1, 0.15) is 42.1 Å². The van der Waals surface area contributed by atoms with Crippen molar-refractivity contribution in [3.8, 4) is 0 Å². The van der Waals surface area contributed by atoms with E-state index in [-0.39, 0.29) is 10.3 Å². The quantitative estimate of drug-likeness (QED) is 0.454. The molecule has 2 aliphatic rings. The van der Waals surface area contributed by atoms with Crippen LogP contribution < -0.4 is 0 Å². The molecule has 27 heavy (non-hydrogen) atoms. The summed E-state index contributed by atoms with van der Waals surface area (Å²) in [4.78, 5) is 5.71. The van der Waals surface area contributed by atoms with Crippen LogP contribution in [0.15, 0.2) is 12.1 Å². The molecule has 0 bridgehead atoms. The molecule has 1 fully saturated rings. The summed E-state index contributed by atoms with van der Waals surface area (Å²) in [5.74, 6) is -3.19. The molecule has 0 saturated carbocycles. The van der Waals surface area contributed by atoms with Gasteiger partial charge in [-0.15, -0.1) is 0 Å². The van der Waals surface area contributed by atoms with Crippen molar-refractivity contribution >= 4 is 12.2 Å². The van der Waals surface area contributed by atoms with E-state index < -0.39 is 23.4 Å². The van der Waals surface area contributed by atoms with Crippen molar-refractivity contribution < 1.29 is 17.9 Å². The molecule has 3 nitrogen and oxygen atoms in total. The van der Waals surface area contributed by atoms with Gasteiger partial charge in [-0.1, -0.05) is 0 Å². The maximum Gasteiger partial charge on any atom is 0.177 e. The number of nitrogens with zero attached hydrogens (tertiary/aromatic N) is 2. The maximum absolute atomic E-state index is 14.2. The lowest BCUT2D eigenvalue weighted by Crippen LogP contribution is -2.20. The van der Waals surface area contributed by atoms with Gasteiger partial charge < -0.3 is 14.5 Å². The van der Waals surface area contributed by atoms with Gasteiger partial charge >= 0.3 is 0 Å². The average molecular weight is 401 g/mol. The fourth-order valence-electron chi connectivity index (χ4n) is 4.30. The lowest BCUT2D eigenvalue weighted by atomic mass is 9.95. The predicted molar refractivity (Wildman–Crippen MR) is 98.9 cm³/mol. The third kappa shape index (κ3) is 3.82. The third-order valence-electron chi connectivity index (χ3n) is 5.61. The average Bonchev–Trinajstić information content (AvgIpc) is 3.32. The van der Waals surface area contributed by atoms with Crippen molar-refractivity contribution in [1.29, 1.82) is 0 Å². The van der Waals surface area contributed by atoms with E-state index in [0.717, 1.165) is 42.9 Å². The van der Waals surface area contributed by atoms with Crippen molar-refractivity contribution in [2.75, 3.05) is 19.6 Å². The van der Waals surface area contributed by atoms with E-state index in [0.29, 0.717) is 17.7 Å². The Morgan fingerprint density at radius 2 is 1.81 bits per heavy atom. The van der Waals surface area contributed by atoms with Crippen LogP contribution in [0.2, 0.25) is 0 Å². The predicted octanol–water partition coefficient (Wildman–Crippen LogP) is 4.48. The number of H-pyrrole nitrogens is 1. The molecule has 1 aromatic heterocycles. The number of hydrogen-bond acceptors (Lipinski definition) is 2. The molecule has 1 saturated heterocycles. The monoisotopic (exact) mass is 401 g/mol. The summed E-state index contributed by atoms with van der Waals surface area (Å²) in [6.07, 6.45) is 4.91. The standard InChI is InChI=1S/C19H22F3N3S.FH/c20-13-5-6-14(21)18(22)17(13)12-10-16-15(23-19(26)25(16)11-12)4-3-9-24-7-1-2-8-24;/h5-6,12H,1-4,7-11H2,(H,23,26);1H. The van der Waals surface area contributed by atoms with Gasteiger partial charge in [0.05, 0.1) is 0 Å². The molecule has 3 heterocycles. The molecule has 2 aliphatic heterocycles. The minimum absolute atomic E-state index is 0. The summed E-state index contributed by atoms with van der Waals surface area (Å²) in [5.41, 5.74) is 1.89. The Hall–Kier alpha value is -1.67. The fourth-order valence-corrected chi connectivity index (χ4v) is 4.61. The molecule has 2 aromatic rings. The van der Waals surface area contributed by atoms with Crippen LogP contribution in [0.3, 0.4) is 0 Å². The van der Waals surface area contributed by atoms with Crippen molar-refractivity contribution in [2.24, 2.45) is 0 Å².